The van der Waals surface area contributed by atoms with Crippen LogP contribution < -0.4 is 10.6 Å². The molecule has 1 heterocycles. The second kappa shape index (κ2) is 5.95. The minimum absolute atomic E-state index is 0.237. The molecule has 3 nitrogen and oxygen atoms in total. The summed E-state index contributed by atoms with van der Waals surface area (Å²) in [6.45, 7) is 3.97. The third kappa shape index (κ3) is 3.46. The molecule has 1 saturated heterocycles. The van der Waals surface area contributed by atoms with Crippen molar-refractivity contribution in [3.8, 4) is 0 Å². The Morgan fingerprint density at radius 3 is 2.55 bits per heavy atom. The maximum absolute atomic E-state index is 12.9. The number of halogens is 2. The van der Waals surface area contributed by atoms with Crippen LogP contribution in [0.3, 0.4) is 0 Å². The molecule has 2 fully saturated rings. The van der Waals surface area contributed by atoms with E-state index in [1.54, 1.807) is 0 Å². The lowest BCUT2D eigenvalue weighted by atomic mass is 9.87. The summed E-state index contributed by atoms with van der Waals surface area (Å²) in [6.07, 6.45) is 1.65. The first kappa shape index (κ1) is 15.4. The molecule has 0 bridgehead atoms. The number of hydrogen-bond acceptors (Lipinski definition) is 2. The second-order valence-corrected chi connectivity index (χ2v) is 6.59. The lowest BCUT2D eigenvalue weighted by Crippen LogP contribution is -2.50. The van der Waals surface area contributed by atoms with Gasteiger partial charge in [0.2, 0.25) is 0 Å². The number of hydrogen-bond donors (Lipinski definition) is 2. The van der Waals surface area contributed by atoms with Gasteiger partial charge in [0, 0.05) is 24.4 Å². The maximum Gasteiger partial charge on any atom is 0.252 e. The smallest absolute Gasteiger partial charge is 0.252 e. The quantitative estimate of drug-likeness (QED) is 0.901. The number of nitrogens with one attached hydrogen (secondary N) is 2. The number of aryl methyl sites for hydroxylation is 1. The van der Waals surface area contributed by atoms with Gasteiger partial charge in [-0.25, -0.2) is 8.78 Å². The summed E-state index contributed by atoms with van der Waals surface area (Å²) in [5.74, 6) is -2.37. The molecule has 1 saturated carbocycles. The monoisotopic (exact) mass is 308 g/mol. The fourth-order valence-corrected chi connectivity index (χ4v) is 3.37. The Bertz CT molecular complexity index is 560. The van der Waals surface area contributed by atoms with Crippen molar-refractivity contribution in [1.29, 1.82) is 0 Å². The number of alkyl halides is 2. The first-order valence-corrected chi connectivity index (χ1v) is 7.94. The molecule has 3 rings (SSSR count). The molecule has 120 valence electrons. The van der Waals surface area contributed by atoms with Crippen molar-refractivity contribution in [3.63, 3.8) is 0 Å². The summed E-state index contributed by atoms with van der Waals surface area (Å²) in [5.41, 5.74) is 2.81. The van der Waals surface area contributed by atoms with Gasteiger partial charge in [0.25, 0.3) is 11.8 Å². The largest absolute Gasteiger partial charge is 0.349 e. The Balaban J connectivity index is 1.70. The highest BCUT2D eigenvalue weighted by molar-refractivity contribution is 5.94. The van der Waals surface area contributed by atoms with Crippen molar-refractivity contribution in [2.75, 3.05) is 13.1 Å². The predicted molar refractivity (Wildman–Crippen MR) is 81.5 cm³/mol. The summed E-state index contributed by atoms with van der Waals surface area (Å²) in [5, 5.41) is 6.05. The van der Waals surface area contributed by atoms with Crippen LogP contribution in [-0.2, 0) is 0 Å². The van der Waals surface area contributed by atoms with Gasteiger partial charge < -0.3 is 10.6 Å². The fraction of sp³-hybridized carbons (Fsp3) is 0.588. The fourth-order valence-electron chi connectivity index (χ4n) is 3.37. The first-order chi connectivity index (χ1) is 10.4. The van der Waals surface area contributed by atoms with Crippen LogP contribution >= 0.6 is 0 Å². The number of carbonyl (C=O) groups excluding carboxylic acids is 1. The molecule has 1 aromatic rings. The molecule has 22 heavy (non-hydrogen) atoms. The highest BCUT2D eigenvalue weighted by Gasteiger charge is 2.45. The van der Waals surface area contributed by atoms with E-state index in [1.165, 1.54) is 5.56 Å². The summed E-state index contributed by atoms with van der Waals surface area (Å²) in [6, 6.07) is 5.49. The van der Waals surface area contributed by atoms with Crippen LogP contribution in [0.1, 0.15) is 53.1 Å². The van der Waals surface area contributed by atoms with E-state index < -0.39 is 12.0 Å². The normalized spacial score (nSPS) is 22.1. The Morgan fingerprint density at radius 1 is 1.23 bits per heavy atom. The number of amides is 1. The van der Waals surface area contributed by atoms with Crippen LogP contribution in [0.5, 0.6) is 0 Å². The molecule has 1 aliphatic carbocycles. The topological polar surface area (TPSA) is 41.1 Å². The zero-order valence-corrected chi connectivity index (χ0v) is 12.8. The Hall–Kier alpha value is -1.49. The molecule has 0 unspecified atom stereocenters. The van der Waals surface area contributed by atoms with Crippen molar-refractivity contribution < 1.29 is 13.6 Å². The molecule has 0 spiro atoms. The molecule has 1 aliphatic heterocycles. The number of benzene rings is 1. The maximum atomic E-state index is 12.9. The van der Waals surface area contributed by atoms with E-state index in [-0.39, 0.29) is 18.7 Å². The average Bonchev–Trinajstić information content (AvgIpc) is 2.45. The average molecular weight is 308 g/mol. The third-order valence-electron chi connectivity index (χ3n) is 4.60. The Kier molecular flexibility index (Phi) is 4.17. The van der Waals surface area contributed by atoms with E-state index in [1.807, 2.05) is 19.1 Å². The van der Waals surface area contributed by atoms with Crippen LogP contribution in [0, 0.1) is 6.92 Å². The zero-order valence-electron chi connectivity index (χ0n) is 12.8. The standard InChI is InChI=1S/C17H22F2N2O/c1-11-6-13(12-2-4-20-5-3-12)8-14(7-11)16(22)21-15-9-17(18,19)10-15/h6-8,12,15,20H,2-5,9-10H2,1H3,(H,21,22). The molecule has 1 aromatic carbocycles. The summed E-state index contributed by atoms with van der Waals surface area (Å²) >= 11 is 0. The van der Waals surface area contributed by atoms with E-state index >= 15 is 0 Å². The van der Waals surface area contributed by atoms with E-state index in [0.29, 0.717) is 11.5 Å². The van der Waals surface area contributed by atoms with Crippen LogP contribution in [0.4, 0.5) is 8.78 Å². The molecule has 5 heteroatoms. The summed E-state index contributed by atoms with van der Waals surface area (Å²) in [4.78, 5) is 12.3. The zero-order chi connectivity index (χ0) is 15.7. The highest BCUT2D eigenvalue weighted by atomic mass is 19.3. The molecule has 2 N–H and O–H groups in total. The lowest BCUT2D eigenvalue weighted by molar-refractivity contribution is -0.0901. The van der Waals surface area contributed by atoms with Crippen molar-refractivity contribution in [2.45, 2.75) is 50.5 Å². The number of rotatable bonds is 3. The molecule has 0 aromatic heterocycles. The van der Waals surface area contributed by atoms with Crippen molar-refractivity contribution >= 4 is 5.91 Å². The van der Waals surface area contributed by atoms with Gasteiger partial charge in [0.15, 0.2) is 0 Å². The van der Waals surface area contributed by atoms with Gasteiger partial charge in [-0.05, 0) is 56.5 Å². The number of piperidine rings is 1. The van der Waals surface area contributed by atoms with Gasteiger partial charge in [0.1, 0.15) is 0 Å². The van der Waals surface area contributed by atoms with Gasteiger partial charge in [-0.1, -0.05) is 11.6 Å². The third-order valence-corrected chi connectivity index (χ3v) is 4.60. The Morgan fingerprint density at radius 2 is 1.91 bits per heavy atom. The van der Waals surface area contributed by atoms with Crippen LogP contribution in [0.25, 0.3) is 0 Å². The summed E-state index contributed by atoms with van der Waals surface area (Å²) in [7, 11) is 0. The van der Waals surface area contributed by atoms with Crippen LogP contribution in [-0.4, -0.2) is 31.0 Å². The predicted octanol–water partition coefficient (Wildman–Crippen LogP) is 2.99. The highest BCUT2D eigenvalue weighted by Crippen LogP contribution is 2.37. The van der Waals surface area contributed by atoms with Crippen molar-refractivity contribution in [2.24, 2.45) is 0 Å². The van der Waals surface area contributed by atoms with Gasteiger partial charge in [-0.15, -0.1) is 0 Å². The van der Waals surface area contributed by atoms with E-state index in [4.69, 9.17) is 0 Å². The van der Waals surface area contributed by atoms with Gasteiger partial charge in [-0.2, -0.15) is 0 Å². The van der Waals surface area contributed by atoms with E-state index in [9.17, 15) is 13.6 Å². The molecule has 0 atom stereocenters. The Labute approximate surface area is 129 Å². The first-order valence-electron chi connectivity index (χ1n) is 7.94. The van der Waals surface area contributed by atoms with Gasteiger partial charge in [0.05, 0.1) is 0 Å². The lowest BCUT2D eigenvalue weighted by Gasteiger charge is -2.35. The van der Waals surface area contributed by atoms with E-state index in [2.05, 4.69) is 16.7 Å². The minimum atomic E-state index is -2.61. The van der Waals surface area contributed by atoms with Crippen molar-refractivity contribution in [1.82, 2.24) is 10.6 Å². The molecular formula is C17H22F2N2O. The molecule has 0 radical (unpaired) electrons. The van der Waals surface area contributed by atoms with Crippen molar-refractivity contribution in [3.05, 3.63) is 34.9 Å². The molecule has 2 aliphatic rings. The van der Waals surface area contributed by atoms with Gasteiger partial charge in [-0.3, -0.25) is 4.79 Å². The summed E-state index contributed by atoms with van der Waals surface area (Å²) < 4.78 is 25.7. The SMILES string of the molecule is Cc1cc(C(=O)NC2CC(F)(F)C2)cc(C2CCNCC2)c1. The minimum Gasteiger partial charge on any atom is -0.349 e. The number of carbonyl (C=O) groups is 1. The second-order valence-electron chi connectivity index (χ2n) is 6.59. The van der Waals surface area contributed by atoms with E-state index in [0.717, 1.165) is 31.5 Å². The van der Waals surface area contributed by atoms with Crippen LogP contribution in [0.15, 0.2) is 18.2 Å². The molecule has 1 amide bonds. The molecular weight excluding hydrogens is 286 g/mol. The van der Waals surface area contributed by atoms with Crippen LogP contribution in [0.2, 0.25) is 0 Å². The van der Waals surface area contributed by atoms with Gasteiger partial charge >= 0.3 is 0 Å².